The fourth-order valence-corrected chi connectivity index (χ4v) is 7.18. The molecule has 0 radical (unpaired) electrons. The predicted molar refractivity (Wildman–Crippen MR) is 139 cm³/mol. The van der Waals surface area contributed by atoms with Gasteiger partial charge in [0.2, 0.25) is 11.8 Å². The maximum Gasteiger partial charge on any atom is 0.235 e. The number of nitrogens with zero attached hydrogens (tertiary/aromatic N) is 2. The van der Waals surface area contributed by atoms with Crippen LogP contribution in [0.2, 0.25) is 0 Å². The van der Waals surface area contributed by atoms with Gasteiger partial charge in [0.05, 0.1) is 16.1 Å². The first-order valence-electron chi connectivity index (χ1n) is 11.4. The summed E-state index contributed by atoms with van der Waals surface area (Å²) in [5.41, 5.74) is 8.35. The Morgan fingerprint density at radius 2 is 1.47 bits per heavy atom. The number of nitrogens with two attached hydrogens (primary N) is 1. The molecule has 3 aromatic carbocycles. The SMILES string of the molecule is NC(=O)C1CCC(Sc2nc3ccccc3s2)CC1C(=O)N(c1ccccc1)c1ccccc1. The molecule has 0 bridgehead atoms. The number of anilines is 2. The lowest BCUT2D eigenvalue weighted by Gasteiger charge is -2.36. The summed E-state index contributed by atoms with van der Waals surface area (Å²) in [6.07, 6.45) is 2.02. The first kappa shape index (κ1) is 22.6. The van der Waals surface area contributed by atoms with Crippen LogP contribution in [0, 0.1) is 11.8 Å². The van der Waals surface area contributed by atoms with Crippen LogP contribution in [0.15, 0.2) is 89.3 Å². The van der Waals surface area contributed by atoms with Crippen molar-refractivity contribution in [2.24, 2.45) is 17.6 Å². The molecule has 3 unspecified atom stereocenters. The molecule has 0 saturated heterocycles. The number of thiazole rings is 1. The fourth-order valence-electron chi connectivity index (χ4n) is 4.62. The third kappa shape index (κ3) is 4.72. The van der Waals surface area contributed by atoms with Crippen LogP contribution in [0.5, 0.6) is 0 Å². The van der Waals surface area contributed by atoms with Gasteiger partial charge < -0.3 is 5.73 Å². The number of benzene rings is 3. The molecule has 4 aromatic rings. The molecule has 2 N–H and O–H groups in total. The minimum Gasteiger partial charge on any atom is -0.369 e. The van der Waals surface area contributed by atoms with Gasteiger partial charge in [0.15, 0.2) is 4.34 Å². The summed E-state index contributed by atoms with van der Waals surface area (Å²) >= 11 is 3.39. The maximum atomic E-state index is 14.0. The summed E-state index contributed by atoms with van der Waals surface area (Å²) in [6.45, 7) is 0. The molecule has 1 heterocycles. The van der Waals surface area contributed by atoms with Crippen LogP contribution in [-0.2, 0) is 9.59 Å². The van der Waals surface area contributed by atoms with Crippen LogP contribution in [0.4, 0.5) is 11.4 Å². The Balaban J connectivity index is 1.44. The number of aromatic nitrogens is 1. The van der Waals surface area contributed by atoms with E-state index in [-0.39, 0.29) is 11.2 Å². The summed E-state index contributed by atoms with van der Waals surface area (Å²) in [5.74, 6) is -1.45. The van der Waals surface area contributed by atoms with Gasteiger partial charge in [-0.15, -0.1) is 11.3 Å². The van der Waals surface area contributed by atoms with E-state index in [9.17, 15) is 9.59 Å². The highest BCUT2D eigenvalue weighted by atomic mass is 32.2. The highest BCUT2D eigenvalue weighted by molar-refractivity contribution is 8.01. The summed E-state index contributed by atoms with van der Waals surface area (Å²) < 4.78 is 2.15. The smallest absolute Gasteiger partial charge is 0.235 e. The minimum absolute atomic E-state index is 0.0872. The predicted octanol–water partition coefficient (Wildman–Crippen LogP) is 6.02. The number of primary amides is 1. The van der Waals surface area contributed by atoms with Gasteiger partial charge in [-0.3, -0.25) is 14.5 Å². The normalized spacial score (nSPS) is 20.2. The molecule has 0 aliphatic heterocycles. The van der Waals surface area contributed by atoms with Crippen molar-refractivity contribution in [2.45, 2.75) is 28.9 Å². The molecular formula is C27H25N3O2S2. The van der Waals surface area contributed by atoms with Crippen molar-refractivity contribution in [3.8, 4) is 0 Å². The molecule has 1 aromatic heterocycles. The number of carbonyl (C=O) groups is 2. The second-order valence-corrected chi connectivity index (χ2v) is 11.0. The molecular weight excluding hydrogens is 462 g/mol. The van der Waals surface area contributed by atoms with Gasteiger partial charge in [-0.25, -0.2) is 4.98 Å². The average molecular weight is 488 g/mol. The van der Waals surface area contributed by atoms with Crippen LogP contribution in [0.1, 0.15) is 19.3 Å². The number of hydrogen-bond donors (Lipinski definition) is 1. The van der Waals surface area contributed by atoms with E-state index in [1.165, 1.54) is 0 Å². The van der Waals surface area contributed by atoms with E-state index in [1.807, 2.05) is 78.9 Å². The molecule has 0 spiro atoms. The Hall–Kier alpha value is -3.16. The lowest BCUT2D eigenvalue weighted by Crippen LogP contribution is -2.44. The minimum atomic E-state index is -0.487. The molecule has 1 fully saturated rings. The fraction of sp³-hybridized carbons (Fsp3) is 0.222. The summed E-state index contributed by atoms with van der Waals surface area (Å²) in [6, 6.07) is 27.3. The van der Waals surface area contributed by atoms with Gasteiger partial charge in [0.25, 0.3) is 0 Å². The standard InChI is InChI=1S/C27H25N3O2S2/c28-25(31)21-16-15-20(33-27-29-23-13-7-8-14-24(23)34-27)17-22(21)26(32)30(18-9-3-1-4-10-18)19-11-5-2-6-12-19/h1-14,20-22H,15-17H2,(H2,28,31). The zero-order valence-electron chi connectivity index (χ0n) is 18.5. The quantitative estimate of drug-likeness (QED) is 0.361. The number of carbonyl (C=O) groups excluding carboxylic acids is 2. The van der Waals surface area contributed by atoms with Crippen LogP contribution in [-0.4, -0.2) is 22.0 Å². The van der Waals surface area contributed by atoms with Gasteiger partial charge in [0, 0.05) is 22.5 Å². The highest BCUT2D eigenvalue weighted by Crippen LogP contribution is 2.43. The van der Waals surface area contributed by atoms with Gasteiger partial charge in [0.1, 0.15) is 0 Å². The topological polar surface area (TPSA) is 76.3 Å². The van der Waals surface area contributed by atoms with Crippen LogP contribution in [0.3, 0.4) is 0 Å². The first-order chi connectivity index (χ1) is 16.6. The van der Waals surface area contributed by atoms with E-state index in [1.54, 1.807) is 28.0 Å². The van der Waals surface area contributed by atoms with Gasteiger partial charge in [-0.2, -0.15) is 0 Å². The van der Waals surface area contributed by atoms with Crippen molar-refractivity contribution in [3.63, 3.8) is 0 Å². The molecule has 1 aliphatic carbocycles. The summed E-state index contributed by atoms with van der Waals surface area (Å²) in [7, 11) is 0. The van der Waals surface area contributed by atoms with Crippen LogP contribution >= 0.6 is 23.1 Å². The van der Waals surface area contributed by atoms with Crippen molar-refractivity contribution < 1.29 is 9.59 Å². The average Bonchev–Trinajstić information content (AvgIpc) is 3.27. The van der Waals surface area contributed by atoms with E-state index in [0.29, 0.717) is 12.8 Å². The second kappa shape index (κ2) is 9.99. The molecule has 5 rings (SSSR count). The molecule has 1 aliphatic rings. The number of para-hydroxylation sites is 3. The molecule has 172 valence electrons. The van der Waals surface area contributed by atoms with Gasteiger partial charge in [-0.05, 0) is 55.7 Å². The number of thioether (sulfide) groups is 1. The van der Waals surface area contributed by atoms with E-state index < -0.39 is 17.7 Å². The Morgan fingerprint density at radius 3 is 2.09 bits per heavy atom. The Bertz CT molecular complexity index is 1220. The van der Waals surface area contributed by atoms with Crippen molar-refractivity contribution in [3.05, 3.63) is 84.9 Å². The third-order valence-electron chi connectivity index (χ3n) is 6.28. The van der Waals surface area contributed by atoms with E-state index in [0.717, 1.165) is 32.4 Å². The molecule has 1 saturated carbocycles. The zero-order valence-corrected chi connectivity index (χ0v) is 20.2. The van der Waals surface area contributed by atoms with E-state index in [2.05, 4.69) is 6.07 Å². The van der Waals surface area contributed by atoms with Crippen LogP contribution < -0.4 is 10.6 Å². The third-order valence-corrected chi connectivity index (χ3v) is 8.70. The van der Waals surface area contributed by atoms with Gasteiger partial charge in [-0.1, -0.05) is 60.3 Å². The van der Waals surface area contributed by atoms with E-state index in [4.69, 9.17) is 10.7 Å². The van der Waals surface area contributed by atoms with Crippen LogP contribution in [0.25, 0.3) is 10.2 Å². The Labute approximate surface area is 207 Å². The highest BCUT2D eigenvalue weighted by Gasteiger charge is 2.41. The van der Waals surface area contributed by atoms with Crippen molar-refractivity contribution in [1.82, 2.24) is 4.98 Å². The molecule has 7 heteroatoms. The second-order valence-electron chi connectivity index (χ2n) is 8.46. The maximum absolute atomic E-state index is 14.0. The zero-order chi connectivity index (χ0) is 23.5. The number of amides is 2. The van der Waals surface area contributed by atoms with E-state index >= 15 is 0 Å². The molecule has 2 amide bonds. The largest absolute Gasteiger partial charge is 0.369 e. The molecule has 5 nitrogen and oxygen atoms in total. The number of fused-ring (bicyclic) bond motifs is 1. The summed E-state index contributed by atoms with van der Waals surface area (Å²) in [5, 5.41) is 0.193. The summed E-state index contributed by atoms with van der Waals surface area (Å²) in [4.78, 5) is 32.9. The lowest BCUT2D eigenvalue weighted by atomic mass is 9.77. The van der Waals surface area contributed by atoms with Crippen molar-refractivity contribution in [2.75, 3.05) is 4.90 Å². The Kier molecular flexibility index (Phi) is 6.65. The monoisotopic (exact) mass is 487 g/mol. The number of hydrogen-bond acceptors (Lipinski definition) is 5. The van der Waals surface area contributed by atoms with Crippen molar-refractivity contribution in [1.29, 1.82) is 0 Å². The lowest BCUT2D eigenvalue weighted by molar-refractivity contribution is -0.132. The Morgan fingerprint density at radius 1 is 0.853 bits per heavy atom. The molecule has 34 heavy (non-hydrogen) atoms. The van der Waals surface area contributed by atoms with Crippen molar-refractivity contribution >= 4 is 56.5 Å². The first-order valence-corrected chi connectivity index (χ1v) is 13.1. The molecule has 3 atom stereocenters. The number of rotatable bonds is 6. The van der Waals surface area contributed by atoms with Gasteiger partial charge >= 0.3 is 0 Å².